The molecule has 0 aliphatic heterocycles. The summed E-state index contributed by atoms with van der Waals surface area (Å²) in [5.74, 6) is -1.08. The molecular weight excluding hydrogens is 227 g/mol. The highest BCUT2D eigenvalue weighted by Crippen LogP contribution is 2.35. The van der Waals surface area contributed by atoms with E-state index in [0.29, 0.717) is 10.1 Å². The van der Waals surface area contributed by atoms with E-state index < -0.39 is 11.1 Å². The van der Waals surface area contributed by atoms with Crippen LogP contribution >= 0.6 is 22.9 Å². The maximum absolute atomic E-state index is 13.1. The van der Waals surface area contributed by atoms with E-state index in [-0.39, 0.29) is 10.6 Å². The first kappa shape index (κ1) is 9.43. The Morgan fingerprint density at radius 2 is 2.21 bits per heavy atom. The molecule has 2 rings (SSSR count). The number of carbonyl (C=O) groups is 1. The van der Waals surface area contributed by atoms with Gasteiger partial charge in [0.25, 0.3) is 0 Å². The smallest absolute Gasteiger partial charge is 0.337 e. The van der Waals surface area contributed by atoms with Gasteiger partial charge in [0.05, 0.1) is 15.3 Å². The number of hydrogen-bond acceptors (Lipinski definition) is 2. The molecule has 0 amide bonds. The normalized spacial score (nSPS) is 10.7. The molecule has 2 aromatic rings. The first-order valence-corrected chi connectivity index (χ1v) is 4.90. The summed E-state index contributed by atoms with van der Waals surface area (Å²) in [7, 11) is 0. The Bertz CT molecular complexity index is 521. The molecule has 0 spiro atoms. The first-order valence-electron chi connectivity index (χ1n) is 3.71. The Morgan fingerprint density at radius 3 is 2.86 bits per heavy atom. The van der Waals surface area contributed by atoms with Crippen LogP contribution < -0.4 is 0 Å². The summed E-state index contributed by atoms with van der Waals surface area (Å²) in [5.41, 5.74) is 0.0818. The second-order valence-corrected chi connectivity index (χ2v) is 4.03. The van der Waals surface area contributed by atoms with Gasteiger partial charge in [0.2, 0.25) is 0 Å². The highest BCUT2D eigenvalue weighted by Gasteiger charge is 2.15. The molecule has 1 N–H and O–H groups in total. The van der Waals surface area contributed by atoms with Gasteiger partial charge in [0, 0.05) is 5.39 Å². The average molecular weight is 231 g/mol. The highest BCUT2D eigenvalue weighted by molar-refractivity contribution is 7.18. The lowest BCUT2D eigenvalue weighted by Gasteiger charge is -1.95. The van der Waals surface area contributed by atoms with Gasteiger partial charge < -0.3 is 5.11 Å². The number of carboxylic acid groups (broad SMARTS) is 1. The van der Waals surface area contributed by atoms with Crippen LogP contribution in [0.25, 0.3) is 10.1 Å². The summed E-state index contributed by atoms with van der Waals surface area (Å²) >= 11 is 6.41. The van der Waals surface area contributed by atoms with Crippen molar-refractivity contribution in [3.63, 3.8) is 0 Å². The van der Waals surface area contributed by atoms with Gasteiger partial charge in [0.1, 0.15) is 0 Å². The van der Waals surface area contributed by atoms with Gasteiger partial charge in [-0.2, -0.15) is 4.39 Å². The molecule has 0 radical (unpaired) electrons. The SMILES string of the molecule is O=C(O)c1cccc2c(Cl)c(F)sc12. The van der Waals surface area contributed by atoms with Crippen LogP contribution in [0.3, 0.4) is 0 Å². The van der Waals surface area contributed by atoms with E-state index in [4.69, 9.17) is 16.7 Å². The number of rotatable bonds is 1. The Morgan fingerprint density at radius 1 is 1.50 bits per heavy atom. The molecule has 0 fully saturated rings. The minimum absolute atomic E-state index is 0.00639. The fourth-order valence-corrected chi connectivity index (χ4v) is 2.48. The minimum atomic E-state index is -1.08. The third-order valence-corrected chi connectivity index (χ3v) is 3.36. The zero-order valence-corrected chi connectivity index (χ0v) is 8.32. The second kappa shape index (κ2) is 3.22. The molecule has 14 heavy (non-hydrogen) atoms. The van der Waals surface area contributed by atoms with Crippen LogP contribution in [-0.2, 0) is 0 Å². The van der Waals surface area contributed by atoms with Crippen molar-refractivity contribution in [3.05, 3.63) is 33.9 Å². The second-order valence-electron chi connectivity index (χ2n) is 2.68. The van der Waals surface area contributed by atoms with Crippen molar-refractivity contribution in [1.29, 1.82) is 0 Å². The van der Waals surface area contributed by atoms with Crippen molar-refractivity contribution in [2.45, 2.75) is 0 Å². The molecule has 5 heteroatoms. The number of hydrogen-bond donors (Lipinski definition) is 1. The number of aromatic carboxylic acids is 1. The van der Waals surface area contributed by atoms with Gasteiger partial charge in [-0.1, -0.05) is 23.7 Å². The fourth-order valence-electron chi connectivity index (χ4n) is 1.23. The van der Waals surface area contributed by atoms with Gasteiger partial charge in [-0.3, -0.25) is 0 Å². The zero-order chi connectivity index (χ0) is 10.3. The summed E-state index contributed by atoms with van der Waals surface area (Å²) < 4.78 is 13.4. The maximum atomic E-state index is 13.1. The molecule has 1 heterocycles. The van der Waals surface area contributed by atoms with Crippen LogP contribution in [0.15, 0.2) is 18.2 Å². The Kier molecular flexibility index (Phi) is 2.17. The summed E-state index contributed by atoms with van der Waals surface area (Å²) in [6.45, 7) is 0. The standard InChI is InChI=1S/C9H4ClFO2S/c10-6-4-2-1-3-5(9(12)13)7(4)14-8(6)11/h1-3H,(H,12,13). The number of carboxylic acids is 1. The van der Waals surface area contributed by atoms with E-state index in [0.717, 1.165) is 11.3 Å². The predicted octanol–water partition coefficient (Wildman–Crippen LogP) is 3.39. The van der Waals surface area contributed by atoms with E-state index in [1.165, 1.54) is 6.07 Å². The van der Waals surface area contributed by atoms with E-state index in [9.17, 15) is 9.18 Å². The molecule has 1 aromatic carbocycles. The molecule has 72 valence electrons. The molecule has 0 atom stereocenters. The van der Waals surface area contributed by atoms with Crippen LogP contribution in [0.1, 0.15) is 10.4 Å². The number of halogens is 2. The summed E-state index contributed by atoms with van der Waals surface area (Å²) in [4.78, 5) is 10.8. The van der Waals surface area contributed by atoms with Crippen LogP contribution in [0, 0.1) is 5.13 Å². The summed E-state index contributed by atoms with van der Waals surface area (Å²) in [5, 5.41) is 8.72. The van der Waals surface area contributed by atoms with Gasteiger partial charge in [-0.25, -0.2) is 4.79 Å². The lowest BCUT2D eigenvalue weighted by molar-refractivity contribution is 0.0699. The number of fused-ring (bicyclic) bond motifs is 1. The number of benzene rings is 1. The van der Waals surface area contributed by atoms with Crippen LogP contribution in [0.2, 0.25) is 5.02 Å². The van der Waals surface area contributed by atoms with E-state index in [2.05, 4.69) is 0 Å². The topological polar surface area (TPSA) is 37.3 Å². The Balaban J connectivity index is 2.88. The summed E-state index contributed by atoms with van der Waals surface area (Å²) in [6.07, 6.45) is 0. The van der Waals surface area contributed by atoms with Gasteiger partial charge in [0.15, 0.2) is 5.13 Å². The molecular formula is C9H4ClFO2S. The molecule has 0 saturated carbocycles. The largest absolute Gasteiger partial charge is 0.478 e. The lowest BCUT2D eigenvalue weighted by Crippen LogP contribution is -1.94. The van der Waals surface area contributed by atoms with E-state index >= 15 is 0 Å². The lowest BCUT2D eigenvalue weighted by atomic mass is 10.2. The van der Waals surface area contributed by atoms with Gasteiger partial charge in [-0.15, -0.1) is 11.3 Å². The maximum Gasteiger partial charge on any atom is 0.337 e. The van der Waals surface area contributed by atoms with Crippen molar-refractivity contribution in [2.24, 2.45) is 0 Å². The quantitative estimate of drug-likeness (QED) is 0.815. The summed E-state index contributed by atoms with van der Waals surface area (Å²) in [6, 6.07) is 4.57. The van der Waals surface area contributed by atoms with Crippen LogP contribution in [-0.4, -0.2) is 11.1 Å². The van der Waals surface area contributed by atoms with Crippen molar-refractivity contribution in [3.8, 4) is 0 Å². The Labute approximate surface area is 87.5 Å². The van der Waals surface area contributed by atoms with Gasteiger partial charge in [-0.05, 0) is 6.07 Å². The molecule has 0 aliphatic rings. The van der Waals surface area contributed by atoms with E-state index in [1.807, 2.05) is 0 Å². The zero-order valence-electron chi connectivity index (χ0n) is 6.75. The fraction of sp³-hybridized carbons (Fsp3) is 0. The molecule has 1 aromatic heterocycles. The van der Waals surface area contributed by atoms with Gasteiger partial charge >= 0.3 is 5.97 Å². The number of thiophene rings is 1. The molecule has 0 unspecified atom stereocenters. The molecule has 0 aliphatic carbocycles. The monoisotopic (exact) mass is 230 g/mol. The third-order valence-electron chi connectivity index (χ3n) is 1.85. The predicted molar refractivity (Wildman–Crippen MR) is 53.8 cm³/mol. The van der Waals surface area contributed by atoms with Crippen molar-refractivity contribution in [1.82, 2.24) is 0 Å². The minimum Gasteiger partial charge on any atom is -0.478 e. The van der Waals surface area contributed by atoms with Crippen LogP contribution in [0.4, 0.5) is 4.39 Å². The molecule has 2 nitrogen and oxygen atoms in total. The van der Waals surface area contributed by atoms with Crippen molar-refractivity contribution in [2.75, 3.05) is 0 Å². The molecule has 0 saturated heterocycles. The third kappa shape index (κ3) is 1.27. The average Bonchev–Trinajstić information content (AvgIpc) is 2.43. The Hall–Kier alpha value is -1.13. The molecule has 0 bridgehead atoms. The van der Waals surface area contributed by atoms with Crippen molar-refractivity contribution >= 4 is 39.0 Å². The first-order chi connectivity index (χ1) is 6.61. The highest BCUT2D eigenvalue weighted by atomic mass is 35.5. The van der Waals surface area contributed by atoms with E-state index in [1.54, 1.807) is 12.1 Å². The van der Waals surface area contributed by atoms with Crippen molar-refractivity contribution < 1.29 is 14.3 Å². The van der Waals surface area contributed by atoms with Crippen LogP contribution in [0.5, 0.6) is 0 Å².